The van der Waals surface area contributed by atoms with Gasteiger partial charge in [-0.2, -0.15) is 0 Å². The summed E-state index contributed by atoms with van der Waals surface area (Å²) in [5.74, 6) is 0.717. The average Bonchev–Trinajstić information content (AvgIpc) is 2.15. The van der Waals surface area contributed by atoms with Crippen molar-refractivity contribution in [2.24, 2.45) is 5.41 Å². The Morgan fingerprint density at radius 1 is 1.12 bits per heavy atom. The van der Waals surface area contributed by atoms with E-state index in [9.17, 15) is 5.11 Å². The molecule has 0 saturated carbocycles. The SMILES string of the molecule is CC(C)(C)C(C)(O)COc1ccc(Cl)cc1. The Bertz CT molecular complexity index is 336. The Morgan fingerprint density at radius 2 is 1.62 bits per heavy atom. The molecule has 0 saturated heterocycles. The second-order valence-electron chi connectivity index (χ2n) is 5.27. The lowest BCUT2D eigenvalue weighted by Gasteiger charge is -2.36. The first kappa shape index (κ1) is 13.3. The van der Waals surface area contributed by atoms with Crippen molar-refractivity contribution in [2.45, 2.75) is 33.3 Å². The zero-order valence-corrected chi connectivity index (χ0v) is 11.0. The Hall–Kier alpha value is -0.730. The number of benzene rings is 1. The van der Waals surface area contributed by atoms with Crippen LogP contribution >= 0.6 is 11.6 Å². The molecule has 0 radical (unpaired) electrons. The second-order valence-corrected chi connectivity index (χ2v) is 5.70. The van der Waals surface area contributed by atoms with E-state index in [1.54, 1.807) is 31.2 Å². The first-order valence-corrected chi connectivity index (χ1v) is 5.71. The van der Waals surface area contributed by atoms with Crippen LogP contribution in [0.4, 0.5) is 0 Å². The van der Waals surface area contributed by atoms with Gasteiger partial charge in [0.25, 0.3) is 0 Å². The molecule has 1 atom stereocenters. The summed E-state index contributed by atoms with van der Waals surface area (Å²) in [7, 11) is 0. The van der Waals surface area contributed by atoms with Crippen LogP contribution in [0.3, 0.4) is 0 Å². The van der Waals surface area contributed by atoms with Crippen LogP contribution < -0.4 is 4.74 Å². The molecule has 1 aromatic carbocycles. The number of hydrogen-bond acceptors (Lipinski definition) is 2. The van der Waals surface area contributed by atoms with E-state index >= 15 is 0 Å². The molecule has 0 aromatic heterocycles. The third kappa shape index (κ3) is 3.39. The molecule has 1 N–H and O–H groups in total. The third-order valence-corrected chi connectivity index (χ3v) is 3.20. The largest absolute Gasteiger partial charge is 0.491 e. The summed E-state index contributed by atoms with van der Waals surface area (Å²) >= 11 is 5.77. The Kier molecular flexibility index (Phi) is 3.87. The van der Waals surface area contributed by atoms with E-state index < -0.39 is 5.60 Å². The molecule has 0 spiro atoms. The predicted molar refractivity (Wildman–Crippen MR) is 67.0 cm³/mol. The van der Waals surface area contributed by atoms with Crippen LogP contribution in [-0.2, 0) is 0 Å². The Labute approximate surface area is 102 Å². The van der Waals surface area contributed by atoms with E-state index in [-0.39, 0.29) is 12.0 Å². The average molecular weight is 243 g/mol. The van der Waals surface area contributed by atoms with Crippen LogP contribution in [-0.4, -0.2) is 17.3 Å². The van der Waals surface area contributed by atoms with Gasteiger partial charge in [0.05, 0.1) is 0 Å². The highest BCUT2D eigenvalue weighted by atomic mass is 35.5. The lowest BCUT2D eigenvalue weighted by molar-refractivity contribution is -0.0724. The lowest BCUT2D eigenvalue weighted by Crippen LogP contribution is -2.45. The highest BCUT2D eigenvalue weighted by Gasteiger charge is 2.36. The molecule has 0 amide bonds. The number of halogens is 1. The van der Waals surface area contributed by atoms with Crippen molar-refractivity contribution in [2.75, 3.05) is 6.61 Å². The second kappa shape index (κ2) is 4.64. The topological polar surface area (TPSA) is 29.5 Å². The molecule has 0 heterocycles. The van der Waals surface area contributed by atoms with E-state index in [1.165, 1.54) is 0 Å². The zero-order valence-electron chi connectivity index (χ0n) is 10.2. The smallest absolute Gasteiger partial charge is 0.119 e. The Balaban J connectivity index is 2.61. The fourth-order valence-corrected chi connectivity index (χ4v) is 1.10. The first-order valence-electron chi connectivity index (χ1n) is 5.33. The zero-order chi connectivity index (χ0) is 12.4. The molecule has 0 aliphatic heterocycles. The first-order chi connectivity index (χ1) is 7.22. The summed E-state index contributed by atoms with van der Waals surface area (Å²) in [6.07, 6.45) is 0. The minimum absolute atomic E-state index is 0.223. The van der Waals surface area contributed by atoms with Crippen LogP contribution in [0.1, 0.15) is 27.7 Å². The quantitative estimate of drug-likeness (QED) is 0.879. The number of aliphatic hydroxyl groups is 1. The molecule has 0 bridgehead atoms. The minimum atomic E-state index is -0.868. The molecule has 1 rings (SSSR count). The van der Waals surface area contributed by atoms with Crippen molar-refractivity contribution >= 4 is 11.6 Å². The summed E-state index contributed by atoms with van der Waals surface area (Å²) in [5.41, 5.74) is -1.09. The fraction of sp³-hybridized carbons (Fsp3) is 0.538. The van der Waals surface area contributed by atoms with Gasteiger partial charge in [-0.05, 0) is 36.6 Å². The number of ether oxygens (including phenoxy) is 1. The van der Waals surface area contributed by atoms with Crippen molar-refractivity contribution in [3.63, 3.8) is 0 Å². The molecule has 3 heteroatoms. The van der Waals surface area contributed by atoms with Gasteiger partial charge in [0, 0.05) is 5.02 Å². The number of rotatable bonds is 3. The van der Waals surface area contributed by atoms with E-state index in [0.717, 1.165) is 0 Å². The molecule has 2 nitrogen and oxygen atoms in total. The molecule has 0 aliphatic carbocycles. The normalized spacial score (nSPS) is 15.6. The third-order valence-electron chi connectivity index (χ3n) is 2.95. The maximum Gasteiger partial charge on any atom is 0.119 e. The van der Waals surface area contributed by atoms with Crippen LogP contribution in [0.2, 0.25) is 5.02 Å². The molecule has 90 valence electrons. The van der Waals surface area contributed by atoms with Gasteiger partial charge in [-0.15, -0.1) is 0 Å². The van der Waals surface area contributed by atoms with Gasteiger partial charge in [0.2, 0.25) is 0 Å². The van der Waals surface area contributed by atoms with Gasteiger partial charge in [0.1, 0.15) is 18.0 Å². The summed E-state index contributed by atoms with van der Waals surface area (Å²) < 4.78 is 5.54. The van der Waals surface area contributed by atoms with Gasteiger partial charge in [-0.25, -0.2) is 0 Å². The lowest BCUT2D eigenvalue weighted by atomic mass is 9.78. The number of hydrogen-bond donors (Lipinski definition) is 1. The van der Waals surface area contributed by atoms with E-state index in [4.69, 9.17) is 16.3 Å². The van der Waals surface area contributed by atoms with Gasteiger partial charge in [-0.3, -0.25) is 0 Å². The highest BCUT2D eigenvalue weighted by molar-refractivity contribution is 6.30. The van der Waals surface area contributed by atoms with Gasteiger partial charge < -0.3 is 9.84 Å². The minimum Gasteiger partial charge on any atom is -0.491 e. The molecule has 1 aromatic rings. The van der Waals surface area contributed by atoms with E-state index in [2.05, 4.69) is 0 Å². The van der Waals surface area contributed by atoms with Gasteiger partial charge in [0.15, 0.2) is 0 Å². The van der Waals surface area contributed by atoms with Crippen molar-refractivity contribution in [3.8, 4) is 5.75 Å². The molecular weight excluding hydrogens is 224 g/mol. The van der Waals surface area contributed by atoms with Crippen LogP contribution in [0, 0.1) is 5.41 Å². The van der Waals surface area contributed by atoms with Crippen LogP contribution in [0.5, 0.6) is 5.75 Å². The van der Waals surface area contributed by atoms with Crippen molar-refractivity contribution < 1.29 is 9.84 Å². The maximum absolute atomic E-state index is 10.2. The fourth-order valence-electron chi connectivity index (χ4n) is 0.971. The summed E-state index contributed by atoms with van der Waals surface area (Å²) in [6.45, 7) is 8.00. The standard InChI is InChI=1S/C13H19ClO2/c1-12(2,3)13(4,15)9-16-11-7-5-10(14)6-8-11/h5-8,15H,9H2,1-4H3. The van der Waals surface area contributed by atoms with Crippen LogP contribution in [0.15, 0.2) is 24.3 Å². The molecule has 0 fully saturated rings. The van der Waals surface area contributed by atoms with Crippen molar-refractivity contribution in [3.05, 3.63) is 29.3 Å². The summed E-state index contributed by atoms with van der Waals surface area (Å²) in [6, 6.07) is 7.12. The molecule has 1 unspecified atom stereocenters. The summed E-state index contributed by atoms with van der Waals surface area (Å²) in [4.78, 5) is 0. The monoisotopic (exact) mass is 242 g/mol. The van der Waals surface area contributed by atoms with Gasteiger partial charge >= 0.3 is 0 Å². The van der Waals surface area contributed by atoms with Crippen molar-refractivity contribution in [1.82, 2.24) is 0 Å². The molecule has 16 heavy (non-hydrogen) atoms. The summed E-state index contributed by atoms with van der Waals surface area (Å²) in [5, 5.41) is 10.9. The van der Waals surface area contributed by atoms with Crippen LogP contribution in [0.25, 0.3) is 0 Å². The van der Waals surface area contributed by atoms with Gasteiger partial charge in [-0.1, -0.05) is 32.4 Å². The highest BCUT2D eigenvalue weighted by Crippen LogP contribution is 2.30. The molecular formula is C13H19ClO2. The predicted octanol–water partition coefficient (Wildman–Crippen LogP) is 3.52. The Morgan fingerprint density at radius 3 is 2.06 bits per heavy atom. The van der Waals surface area contributed by atoms with E-state index in [0.29, 0.717) is 10.8 Å². The van der Waals surface area contributed by atoms with Crippen molar-refractivity contribution in [1.29, 1.82) is 0 Å². The van der Waals surface area contributed by atoms with E-state index in [1.807, 2.05) is 20.8 Å². The maximum atomic E-state index is 10.2. The molecule has 0 aliphatic rings.